The number of rotatable bonds is 4. The van der Waals surface area contributed by atoms with Crippen LogP contribution in [-0.4, -0.2) is 24.2 Å². The average molecular weight is 285 g/mol. The molecule has 108 valence electrons. The van der Waals surface area contributed by atoms with E-state index in [0.29, 0.717) is 22.9 Å². The van der Waals surface area contributed by atoms with Gasteiger partial charge < -0.3 is 20.1 Å². The van der Waals surface area contributed by atoms with Gasteiger partial charge in [-0.25, -0.2) is 0 Å². The third-order valence-electron chi connectivity index (χ3n) is 3.00. The summed E-state index contributed by atoms with van der Waals surface area (Å²) in [7, 11) is 0. The van der Waals surface area contributed by atoms with Crippen LogP contribution in [0.25, 0.3) is 0 Å². The lowest BCUT2D eigenvalue weighted by atomic mass is 10.2. The lowest BCUT2D eigenvalue weighted by Gasteiger charge is -2.07. The molecule has 0 fully saturated rings. The summed E-state index contributed by atoms with van der Waals surface area (Å²) in [6.45, 7) is 2.99. The summed E-state index contributed by atoms with van der Waals surface area (Å²) in [6, 6.07) is 8.79. The van der Waals surface area contributed by atoms with Crippen molar-refractivity contribution in [2.45, 2.75) is 6.92 Å². The van der Waals surface area contributed by atoms with Gasteiger partial charge in [-0.1, -0.05) is 0 Å². The first kappa shape index (κ1) is 13.2. The van der Waals surface area contributed by atoms with E-state index in [9.17, 15) is 4.79 Å². The van der Waals surface area contributed by atoms with Crippen molar-refractivity contribution in [2.24, 2.45) is 0 Å². The van der Waals surface area contributed by atoms with Gasteiger partial charge in [0, 0.05) is 30.2 Å². The smallest absolute Gasteiger partial charge is 0.274 e. The molecule has 6 nitrogen and oxygen atoms in total. The van der Waals surface area contributed by atoms with Gasteiger partial charge in [0.2, 0.25) is 6.79 Å². The molecule has 2 N–H and O–H groups in total. The van der Waals surface area contributed by atoms with Crippen molar-refractivity contribution in [2.75, 3.05) is 24.0 Å². The quantitative estimate of drug-likeness (QED) is 0.903. The minimum absolute atomic E-state index is 0.207. The lowest BCUT2D eigenvalue weighted by Crippen LogP contribution is -2.14. The molecule has 0 unspecified atom stereocenters. The molecule has 6 heteroatoms. The highest BCUT2D eigenvalue weighted by Gasteiger charge is 2.15. The van der Waals surface area contributed by atoms with E-state index in [1.165, 1.54) is 0 Å². The number of anilines is 2. The molecule has 3 rings (SSSR count). The third kappa shape index (κ3) is 2.89. The van der Waals surface area contributed by atoms with Crippen LogP contribution in [0.15, 0.2) is 36.5 Å². The normalized spacial score (nSPS) is 12.0. The zero-order valence-electron chi connectivity index (χ0n) is 11.6. The van der Waals surface area contributed by atoms with Crippen LogP contribution in [0.5, 0.6) is 11.5 Å². The molecule has 0 aliphatic carbocycles. The van der Waals surface area contributed by atoms with Crippen molar-refractivity contribution in [3.8, 4) is 11.5 Å². The fourth-order valence-electron chi connectivity index (χ4n) is 2.04. The van der Waals surface area contributed by atoms with Gasteiger partial charge in [0.05, 0.1) is 0 Å². The average Bonchev–Trinajstić information content (AvgIpc) is 2.95. The third-order valence-corrected chi connectivity index (χ3v) is 3.00. The highest BCUT2D eigenvalue weighted by atomic mass is 16.7. The van der Waals surface area contributed by atoms with Crippen LogP contribution in [0.1, 0.15) is 17.4 Å². The highest BCUT2D eigenvalue weighted by Crippen LogP contribution is 2.34. The largest absolute Gasteiger partial charge is 0.454 e. The van der Waals surface area contributed by atoms with E-state index < -0.39 is 0 Å². The fraction of sp³-hybridized carbons (Fsp3) is 0.200. The van der Waals surface area contributed by atoms with Crippen molar-refractivity contribution >= 4 is 17.3 Å². The Hall–Kier alpha value is -2.76. The highest BCUT2D eigenvalue weighted by molar-refractivity contribution is 6.03. The number of carbonyl (C=O) groups excluding carboxylic acids is 1. The second-order valence-electron chi connectivity index (χ2n) is 4.48. The van der Waals surface area contributed by atoms with Gasteiger partial charge >= 0.3 is 0 Å². The Bertz CT molecular complexity index is 673. The Kier molecular flexibility index (Phi) is 3.59. The predicted octanol–water partition coefficient (Wildman–Crippen LogP) is 2.49. The zero-order chi connectivity index (χ0) is 14.7. The van der Waals surface area contributed by atoms with E-state index in [1.54, 1.807) is 30.5 Å². The lowest BCUT2D eigenvalue weighted by molar-refractivity contribution is 0.102. The summed E-state index contributed by atoms with van der Waals surface area (Å²) in [4.78, 5) is 16.3. The van der Waals surface area contributed by atoms with Crippen LogP contribution in [0, 0.1) is 0 Å². The minimum Gasteiger partial charge on any atom is -0.454 e. The number of hydrogen-bond donors (Lipinski definition) is 2. The van der Waals surface area contributed by atoms with E-state index in [-0.39, 0.29) is 12.7 Å². The van der Waals surface area contributed by atoms with E-state index in [2.05, 4.69) is 15.6 Å². The van der Waals surface area contributed by atoms with Crippen LogP contribution in [0.2, 0.25) is 0 Å². The number of amides is 1. The summed E-state index contributed by atoms with van der Waals surface area (Å²) in [6.07, 6.45) is 1.60. The molecule has 2 aromatic rings. The van der Waals surface area contributed by atoms with E-state index in [4.69, 9.17) is 9.47 Å². The molecule has 0 spiro atoms. The molecular formula is C15H15N3O3. The molecule has 1 aliphatic heterocycles. The van der Waals surface area contributed by atoms with Crippen molar-refractivity contribution < 1.29 is 14.3 Å². The minimum atomic E-state index is -0.270. The topological polar surface area (TPSA) is 72.5 Å². The first-order chi connectivity index (χ1) is 10.3. The van der Waals surface area contributed by atoms with E-state index in [1.807, 2.05) is 13.0 Å². The molecule has 0 saturated heterocycles. The number of carbonyl (C=O) groups is 1. The Balaban J connectivity index is 1.75. The molecular weight excluding hydrogens is 270 g/mol. The molecule has 0 bridgehead atoms. The summed E-state index contributed by atoms with van der Waals surface area (Å²) >= 11 is 0. The molecule has 1 aliphatic rings. The standard InChI is InChI=1S/C15H15N3O3/c1-2-16-10-5-6-17-12(7-10)15(19)18-11-3-4-13-14(8-11)21-9-20-13/h3-8H,2,9H2,1H3,(H,16,17)(H,18,19). The zero-order valence-corrected chi connectivity index (χ0v) is 11.6. The molecule has 1 aromatic heterocycles. The molecule has 1 aromatic carbocycles. The Morgan fingerprint density at radius 1 is 1.19 bits per heavy atom. The van der Waals surface area contributed by atoms with Gasteiger partial charge in [-0.2, -0.15) is 0 Å². The van der Waals surface area contributed by atoms with Crippen molar-refractivity contribution in [3.05, 3.63) is 42.2 Å². The molecule has 2 heterocycles. The molecule has 0 atom stereocenters. The SMILES string of the molecule is CCNc1ccnc(C(=O)Nc2ccc3c(c2)OCO3)c1. The predicted molar refractivity (Wildman–Crippen MR) is 78.9 cm³/mol. The molecule has 0 radical (unpaired) electrons. The number of fused-ring (bicyclic) bond motifs is 1. The Morgan fingerprint density at radius 3 is 2.90 bits per heavy atom. The maximum Gasteiger partial charge on any atom is 0.274 e. The number of nitrogens with one attached hydrogen (secondary N) is 2. The van der Waals surface area contributed by atoms with Crippen molar-refractivity contribution in [3.63, 3.8) is 0 Å². The van der Waals surface area contributed by atoms with Gasteiger partial charge in [-0.15, -0.1) is 0 Å². The first-order valence-electron chi connectivity index (χ1n) is 6.67. The van der Waals surface area contributed by atoms with E-state index >= 15 is 0 Å². The van der Waals surface area contributed by atoms with Crippen LogP contribution >= 0.6 is 0 Å². The van der Waals surface area contributed by atoms with Crippen LogP contribution in [0.4, 0.5) is 11.4 Å². The van der Waals surface area contributed by atoms with Crippen LogP contribution < -0.4 is 20.1 Å². The number of aromatic nitrogens is 1. The number of benzene rings is 1. The maximum absolute atomic E-state index is 12.2. The van der Waals surface area contributed by atoms with Crippen LogP contribution in [-0.2, 0) is 0 Å². The number of pyridine rings is 1. The summed E-state index contributed by atoms with van der Waals surface area (Å²) in [5.41, 5.74) is 1.86. The summed E-state index contributed by atoms with van der Waals surface area (Å²) in [5, 5.41) is 5.94. The molecule has 0 saturated carbocycles. The Labute approximate surface area is 122 Å². The van der Waals surface area contributed by atoms with Gasteiger partial charge in [0.1, 0.15) is 5.69 Å². The molecule has 1 amide bonds. The number of ether oxygens (including phenoxy) is 2. The first-order valence-corrected chi connectivity index (χ1v) is 6.67. The molecule has 21 heavy (non-hydrogen) atoms. The monoisotopic (exact) mass is 285 g/mol. The maximum atomic E-state index is 12.2. The second-order valence-corrected chi connectivity index (χ2v) is 4.48. The van der Waals surface area contributed by atoms with Gasteiger partial charge in [-0.05, 0) is 31.2 Å². The fourth-order valence-corrected chi connectivity index (χ4v) is 2.04. The Morgan fingerprint density at radius 2 is 2.05 bits per heavy atom. The number of nitrogens with zero attached hydrogens (tertiary/aromatic N) is 1. The van der Waals surface area contributed by atoms with Crippen molar-refractivity contribution in [1.29, 1.82) is 0 Å². The second kappa shape index (κ2) is 5.70. The summed E-state index contributed by atoms with van der Waals surface area (Å²) in [5.74, 6) is 1.04. The van der Waals surface area contributed by atoms with Gasteiger partial charge in [0.15, 0.2) is 11.5 Å². The number of hydrogen-bond acceptors (Lipinski definition) is 5. The van der Waals surface area contributed by atoms with Crippen molar-refractivity contribution in [1.82, 2.24) is 4.98 Å². The van der Waals surface area contributed by atoms with Gasteiger partial charge in [0.25, 0.3) is 5.91 Å². The van der Waals surface area contributed by atoms with Crippen LogP contribution in [0.3, 0.4) is 0 Å². The van der Waals surface area contributed by atoms with E-state index in [0.717, 1.165) is 12.2 Å². The van der Waals surface area contributed by atoms with Gasteiger partial charge in [-0.3, -0.25) is 9.78 Å². The summed E-state index contributed by atoms with van der Waals surface area (Å²) < 4.78 is 10.5.